The number of phenols is 2. The van der Waals surface area contributed by atoms with Crippen molar-refractivity contribution in [3.05, 3.63) is 41.7 Å². The van der Waals surface area contributed by atoms with Crippen molar-refractivity contribution in [2.75, 3.05) is 6.79 Å². The van der Waals surface area contributed by atoms with E-state index in [2.05, 4.69) is 10.2 Å². The second-order valence-electron chi connectivity index (χ2n) is 6.61. The molecule has 9 heteroatoms. The van der Waals surface area contributed by atoms with E-state index in [9.17, 15) is 20.1 Å². The van der Waals surface area contributed by atoms with Crippen molar-refractivity contribution in [3.8, 4) is 40.1 Å². The van der Waals surface area contributed by atoms with E-state index < -0.39 is 5.97 Å². The summed E-state index contributed by atoms with van der Waals surface area (Å²) in [5.74, 6) is -0.796. The zero-order valence-corrected chi connectivity index (χ0v) is 15.1. The minimum atomic E-state index is -1.28. The molecule has 3 N–H and O–H groups in total. The molecule has 0 radical (unpaired) electrons. The van der Waals surface area contributed by atoms with Crippen LogP contribution >= 0.6 is 0 Å². The summed E-state index contributed by atoms with van der Waals surface area (Å²) >= 11 is 0. The minimum absolute atomic E-state index is 0.0276. The lowest BCUT2D eigenvalue weighted by Crippen LogP contribution is -2.09. The first-order valence-electron chi connectivity index (χ1n) is 8.51. The minimum Gasteiger partial charge on any atom is -0.508 e. The number of nitrogens with zero attached hydrogens (tertiary/aromatic N) is 3. The highest BCUT2D eigenvalue weighted by atomic mass is 16.7. The van der Waals surface area contributed by atoms with Crippen LogP contribution in [0.5, 0.6) is 23.0 Å². The molecule has 0 bridgehead atoms. The fourth-order valence-electron chi connectivity index (χ4n) is 3.10. The lowest BCUT2D eigenvalue weighted by molar-refractivity contribution is 0.0681. The second-order valence-corrected chi connectivity index (χ2v) is 6.61. The van der Waals surface area contributed by atoms with Gasteiger partial charge in [0.2, 0.25) is 12.6 Å². The third-order valence-corrected chi connectivity index (χ3v) is 4.48. The number of phenolic OH excluding ortho intramolecular Hbond substituents is 2. The molecule has 4 rings (SSSR count). The van der Waals surface area contributed by atoms with Crippen LogP contribution < -0.4 is 9.47 Å². The smallest absolute Gasteiger partial charge is 0.374 e. The zero-order valence-electron chi connectivity index (χ0n) is 15.1. The third kappa shape index (κ3) is 2.77. The Bertz CT molecular complexity index is 1090. The van der Waals surface area contributed by atoms with Gasteiger partial charge in [0.25, 0.3) is 0 Å². The summed E-state index contributed by atoms with van der Waals surface area (Å²) in [5, 5.41) is 37.8. The van der Waals surface area contributed by atoms with E-state index in [0.717, 1.165) is 0 Å². The third-order valence-electron chi connectivity index (χ3n) is 4.48. The molecule has 0 spiro atoms. The fraction of sp³-hybridized carbons (Fsp3) is 0.211. The highest BCUT2D eigenvalue weighted by Crippen LogP contribution is 2.39. The molecule has 1 aromatic heterocycles. The van der Waals surface area contributed by atoms with Crippen LogP contribution in [0.25, 0.3) is 17.1 Å². The molecule has 0 amide bonds. The van der Waals surface area contributed by atoms with Crippen molar-refractivity contribution in [2.45, 2.75) is 19.8 Å². The van der Waals surface area contributed by atoms with Gasteiger partial charge >= 0.3 is 5.97 Å². The molecule has 0 atom stereocenters. The van der Waals surface area contributed by atoms with Crippen molar-refractivity contribution in [1.29, 1.82) is 0 Å². The maximum Gasteiger partial charge on any atom is 0.374 e. The van der Waals surface area contributed by atoms with Gasteiger partial charge in [0.15, 0.2) is 17.3 Å². The number of aromatic nitrogens is 3. The number of ether oxygens (including phenoxy) is 2. The van der Waals surface area contributed by atoms with Gasteiger partial charge in [-0.1, -0.05) is 13.8 Å². The van der Waals surface area contributed by atoms with Crippen molar-refractivity contribution in [3.63, 3.8) is 0 Å². The number of hydrogen-bond acceptors (Lipinski definition) is 7. The summed E-state index contributed by atoms with van der Waals surface area (Å²) in [4.78, 5) is 11.7. The van der Waals surface area contributed by atoms with Crippen molar-refractivity contribution in [1.82, 2.24) is 14.8 Å². The average Bonchev–Trinajstić information content (AvgIpc) is 3.27. The Hall–Kier alpha value is -3.75. The molecule has 2 heterocycles. The van der Waals surface area contributed by atoms with Gasteiger partial charge in [-0.25, -0.2) is 4.79 Å². The predicted octanol–water partition coefficient (Wildman–Crippen LogP) is 2.90. The summed E-state index contributed by atoms with van der Waals surface area (Å²) in [5.41, 5.74) is 1.27. The van der Waals surface area contributed by atoms with Crippen molar-refractivity contribution >= 4 is 5.97 Å². The van der Waals surface area contributed by atoms with Crippen LogP contribution in [0.3, 0.4) is 0 Å². The first-order valence-corrected chi connectivity index (χ1v) is 8.51. The van der Waals surface area contributed by atoms with E-state index in [1.54, 1.807) is 24.3 Å². The molecule has 9 nitrogen and oxygen atoms in total. The number of carboxylic acids is 1. The number of carbonyl (C=O) groups is 1. The first-order chi connectivity index (χ1) is 13.4. The van der Waals surface area contributed by atoms with Crippen LogP contribution in [-0.4, -0.2) is 42.8 Å². The quantitative estimate of drug-likeness (QED) is 0.628. The van der Waals surface area contributed by atoms with Crippen molar-refractivity contribution < 1.29 is 29.6 Å². The molecule has 144 valence electrons. The Morgan fingerprint density at radius 3 is 2.54 bits per heavy atom. The Labute approximate surface area is 159 Å². The Kier molecular flexibility index (Phi) is 4.07. The van der Waals surface area contributed by atoms with Crippen LogP contribution in [0.2, 0.25) is 0 Å². The van der Waals surface area contributed by atoms with Gasteiger partial charge in [0.05, 0.1) is 11.3 Å². The van der Waals surface area contributed by atoms with E-state index in [-0.39, 0.29) is 41.4 Å². The van der Waals surface area contributed by atoms with Crippen molar-refractivity contribution in [2.24, 2.45) is 0 Å². The monoisotopic (exact) mass is 383 g/mol. The molecule has 0 fully saturated rings. The van der Waals surface area contributed by atoms with Crippen LogP contribution in [0.1, 0.15) is 35.9 Å². The number of carboxylic acid groups (broad SMARTS) is 1. The highest BCUT2D eigenvalue weighted by molar-refractivity contribution is 5.86. The van der Waals surface area contributed by atoms with E-state index in [0.29, 0.717) is 22.7 Å². The summed E-state index contributed by atoms with van der Waals surface area (Å²) in [6.07, 6.45) is 0. The molecule has 0 saturated heterocycles. The first kappa shape index (κ1) is 17.7. The Balaban J connectivity index is 1.95. The predicted molar refractivity (Wildman–Crippen MR) is 97.3 cm³/mol. The van der Waals surface area contributed by atoms with E-state index in [4.69, 9.17) is 9.47 Å². The van der Waals surface area contributed by atoms with Gasteiger partial charge in [0.1, 0.15) is 11.5 Å². The molecule has 1 aliphatic rings. The van der Waals surface area contributed by atoms with Gasteiger partial charge in [-0.15, -0.1) is 10.2 Å². The Morgan fingerprint density at radius 2 is 1.82 bits per heavy atom. The van der Waals surface area contributed by atoms with Crippen LogP contribution in [-0.2, 0) is 0 Å². The highest BCUT2D eigenvalue weighted by Gasteiger charge is 2.25. The zero-order chi connectivity index (χ0) is 20.0. The van der Waals surface area contributed by atoms with Gasteiger partial charge < -0.3 is 24.8 Å². The molecular formula is C19H17N3O6. The molecule has 3 aromatic rings. The maximum absolute atomic E-state index is 11.7. The summed E-state index contributed by atoms with van der Waals surface area (Å²) in [6.45, 7) is 3.86. The van der Waals surface area contributed by atoms with Gasteiger partial charge in [-0.05, 0) is 29.7 Å². The topological polar surface area (TPSA) is 127 Å². The molecule has 0 unspecified atom stereocenters. The van der Waals surface area contributed by atoms with Crippen LogP contribution in [0.15, 0.2) is 30.3 Å². The fourth-order valence-corrected chi connectivity index (χ4v) is 3.10. The number of benzene rings is 2. The van der Waals surface area contributed by atoms with E-state index in [1.807, 2.05) is 13.8 Å². The normalized spacial score (nSPS) is 12.5. The average molecular weight is 383 g/mol. The number of aromatic carboxylic acids is 1. The summed E-state index contributed by atoms with van der Waals surface area (Å²) in [6, 6.07) is 7.71. The largest absolute Gasteiger partial charge is 0.508 e. The lowest BCUT2D eigenvalue weighted by Gasteiger charge is -2.14. The van der Waals surface area contributed by atoms with Gasteiger partial charge in [-0.3, -0.25) is 4.57 Å². The summed E-state index contributed by atoms with van der Waals surface area (Å²) < 4.78 is 12.0. The molecule has 28 heavy (non-hydrogen) atoms. The van der Waals surface area contributed by atoms with E-state index in [1.165, 1.54) is 10.6 Å². The second kappa shape index (κ2) is 6.45. The number of fused-ring (bicyclic) bond motifs is 1. The number of rotatable bonds is 4. The SMILES string of the molecule is CC(C)c1cc(-c2nnc(C(=O)O)n2-c2ccc3c(c2)OCO3)c(O)cc1O. The number of hydrogen-bond donors (Lipinski definition) is 3. The molecule has 0 saturated carbocycles. The van der Waals surface area contributed by atoms with Crippen LogP contribution in [0, 0.1) is 0 Å². The summed E-state index contributed by atoms with van der Waals surface area (Å²) in [7, 11) is 0. The van der Waals surface area contributed by atoms with Crippen LogP contribution in [0.4, 0.5) is 0 Å². The Morgan fingerprint density at radius 1 is 1.07 bits per heavy atom. The molecule has 2 aromatic carbocycles. The lowest BCUT2D eigenvalue weighted by atomic mass is 9.98. The molecule has 0 aliphatic carbocycles. The molecular weight excluding hydrogens is 366 g/mol. The standard InChI is InChI=1S/C19H17N3O6/c1-9(2)11-6-12(14(24)7-13(11)23)17-20-21-18(19(25)26)22(17)10-3-4-15-16(5-10)28-8-27-15/h3-7,9,23-24H,8H2,1-2H3,(H,25,26). The van der Waals surface area contributed by atoms with Gasteiger partial charge in [-0.2, -0.15) is 0 Å². The maximum atomic E-state index is 11.7. The number of aromatic hydroxyl groups is 2. The van der Waals surface area contributed by atoms with E-state index >= 15 is 0 Å². The molecule has 1 aliphatic heterocycles. The van der Waals surface area contributed by atoms with Gasteiger partial charge in [0, 0.05) is 12.1 Å².